The van der Waals surface area contributed by atoms with Crippen molar-refractivity contribution < 1.29 is 14.0 Å². The van der Waals surface area contributed by atoms with Gasteiger partial charge in [0.05, 0.1) is 0 Å². The van der Waals surface area contributed by atoms with E-state index in [1.165, 1.54) is 12.1 Å². The summed E-state index contributed by atoms with van der Waals surface area (Å²) >= 11 is 0. The molecule has 5 atom stereocenters. The van der Waals surface area contributed by atoms with Crippen LogP contribution in [0.3, 0.4) is 0 Å². The highest BCUT2D eigenvalue weighted by Gasteiger charge is 2.46. The maximum Gasteiger partial charge on any atom is 0.243 e. The van der Waals surface area contributed by atoms with Gasteiger partial charge in [0.25, 0.3) is 0 Å². The van der Waals surface area contributed by atoms with Crippen molar-refractivity contribution in [3.05, 3.63) is 35.6 Å². The van der Waals surface area contributed by atoms with Gasteiger partial charge < -0.3 is 10.2 Å². The quantitative estimate of drug-likeness (QED) is 0.913. The first kappa shape index (κ1) is 16.6. The number of nitrogens with one attached hydrogen (secondary N) is 1. The van der Waals surface area contributed by atoms with Crippen LogP contribution in [0.2, 0.25) is 0 Å². The fraction of sp³-hybridized carbons (Fsp3) is 0.600. The molecule has 1 aliphatic heterocycles. The van der Waals surface area contributed by atoms with Gasteiger partial charge in [-0.3, -0.25) is 9.59 Å². The number of benzene rings is 1. The Kier molecular flexibility index (Phi) is 4.26. The second-order valence-electron chi connectivity index (χ2n) is 7.87. The monoisotopic (exact) mass is 344 g/mol. The second kappa shape index (κ2) is 6.43. The third kappa shape index (κ3) is 3.42. The summed E-state index contributed by atoms with van der Waals surface area (Å²) in [4.78, 5) is 27.2. The van der Waals surface area contributed by atoms with E-state index < -0.39 is 0 Å². The summed E-state index contributed by atoms with van der Waals surface area (Å²) in [6.45, 7) is 2.80. The van der Waals surface area contributed by atoms with E-state index in [-0.39, 0.29) is 41.6 Å². The fourth-order valence-electron chi connectivity index (χ4n) is 4.06. The van der Waals surface area contributed by atoms with Crippen LogP contribution in [0.5, 0.6) is 0 Å². The van der Waals surface area contributed by atoms with Gasteiger partial charge >= 0.3 is 0 Å². The summed E-state index contributed by atoms with van der Waals surface area (Å²) in [7, 11) is 0. The lowest BCUT2D eigenvalue weighted by molar-refractivity contribution is -0.143. The van der Waals surface area contributed by atoms with E-state index in [2.05, 4.69) is 12.2 Å². The molecule has 2 amide bonds. The standard InChI is InChI=1S/C20H25FN2O2/c1-12-10-15(12)20(25)23-9-3-2-4-18(23)19(24)22-17-11-16(17)13-5-7-14(21)8-6-13/h5-8,12,15-18H,2-4,9-11H2,1H3,(H,22,24)/t12-,15-,16+,17+,18+/m0/s1. The van der Waals surface area contributed by atoms with Crippen molar-refractivity contribution in [2.75, 3.05) is 6.54 Å². The number of nitrogens with zero attached hydrogens (tertiary/aromatic N) is 1. The molecule has 0 unspecified atom stereocenters. The molecule has 4 rings (SSSR count). The summed E-state index contributed by atoms with van der Waals surface area (Å²) in [5.41, 5.74) is 1.06. The number of hydrogen-bond acceptors (Lipinski definition) is 2. The number of likely N-dealkylation sites (tertiary alicyclic amines) is 1. The minimum atomic E-state index is -0.316. The van der Waals surface area contributed by atoms with Crippen LogP contribution in [-0.2, 0) is 9.59 Å². The number of rotatable bonds is 4. The van der Waals surface area contributed by atoms with Crippen molar-refractivity contribution in [1.29, 1.82) is 0 Å². The lowest BCUT2D eigenvalue weighted by Crippen LogP contribution is -2.53. The molecule has 1 aromatic carbocycles. The van der Waals surface area contributed by atoms with Gasteiger partial charge in [0, 0.05) is 24.4 Å². The molecule has 1 N–H and O–H groups in total. The van der Waals surface area contributed by atoms with Crippen LogP contribution < -0.4 is 5.32 Å². The molecule has 1 aromatic rings. The first-order valence-electron chi connectivity index (χ1n) is 9.41. The highest BCUT2D eigenvalue weighted by atomic mass is 19.1. The zero-order valence-electron chi connectivity index (χ0n) is 14.6. The number of amides is 2. The van der Waals surface area contributed by atoms with Crippen molar-refractivity contribution in [2.45, 2.75) is 57.0 Å². The lowest BCUT2D eigenvalue weighted by atomic mass is 10.00. The zero-order chi connectivity index (χ0) is 17.6. The number of carbonyl (C=O) groups excluding carboxylic acids is 2. The van der Waals surface area contributed by atoms with Crippen LogP contribution in [0.25, 0.3) is 0 Å². The van der Waals surface area contributed by atoms with Gasteiger partial charge in [-0.1, -0.05) is 19.1 Å². The Hall–Kier alpha value is -1.91. The van der Waals surface area contributed by atoms with Gasteiger partial charge in [-0.2, -0.15) is 0 Å². The van der Waals surface area contributed by atoms with Crippen LogP contribution in [0.15, 0.2) is 24.3 Å². The smallest absolute Gasteiger partial charge is 0.243 e. The predicted molar refractivity (Wildman–Crippen MR) is 92.3 cm³/mol. The molecule has 5 heteroatoms. The molecule has 2 aliphatic carbocycles. The number of halogens is 1. The molecule has 0 aromatic heterocycles. The van der Waals surface area contributed by atoms with Gasteiger partial charge in [0.2, 0.25) is 11.8 Å². The van der Waals surface area contributed by atoms with Gasteiger partial charge in [-0.15, -0.1) is 0 Å². The lowest BCUT2D eigenvalue weighted by Gasteiger charge is -2.35. The molecule has 3 aliphatic rings. The van der Waals surface area contributed by atoms with Crippen LogP contribution in [0, 0.1) is 17.7 Å². The average Bonchev–Trinajstić information content (AvgIpc) is 3.53. The minimum absolute atomic E-state index is 0.0176. The van der Waals surface area contributed by atoms with E-state index in [0.717, 1.165) is 37.7 Å². The average molecular weight is 344 g/mol. The maximum atomic E-state index is 13.0. The SMILES string of the molecule is C[C@H]1C[C@@H]1C(=O)N1CCCC[C@@H]1C(=O)N[C@@H]1C[C@@H]1c1ccc(F)cc1. The third-order valence-electron chi connectivity index (χ3n) is 5.93. The van der Waals surface area contributed by atoms with Crippen LogP contribution in [-0.4, -0.2) is 35.3 Å². The Morgan fingerprint density at radius 2 is 1.88 bits per heavy atom. The van der Waals surface area contributed by atoms with Gasteiger partial charge in [0.1, 0.15) is 11.9 Å². The molecule has 1 heterocycles. The van der Waals surface area contributed by atoms with E-state index in [0.29, 0.717) is 12.5 Å². The first-order valence-corrected chi connectivity index (χ1v) is 9.41. The van der Waals surface area contributed by atoms with E-state index in [1.54, 1.807) is 12.1 Å². The van der Waals surface area contributed by atoms with Crippen molar-refractivity contribution in [1.82, 2.24) is 10.2 Å². The van der Waals surface area contributed by atoms with E-state index >= 15 is 0 Å². The van der Waals surface area contributed by atoms with Crippen molar-refractivity contribution >= 4 is 11.8 Å². The van der Waals surface area contributed by atoms with E-state index in [1.807, 2.05) is 4.90 Å². The zero-order valence-corrected chi connectivity index (χ0v) is 14.6. The molecular formula is C20H25FN2O2. The molecule has 134 valence electrons. The molecular weight excluding hydrogens is 319 g/mol. The highest BCUT2D eigenvalue weighted by molar-refractivity contribution is 5.90. The number of carbonyl (C=O) groups is 2. The van der Waals surface area contributed by atoms with E-state index in [9.17, 15) is 14.0 Å². The fourth-order valence-corrected chi connectivity index (χ4v) is 4.06. The van der Waals surface area contributed by atoms with Crippen LogP contribution >= 0.6 is 0 Å². The number of piperidine rings is 1. The van der Waals surface area contributed by atoms with E-state index in [4.69, 9.17) is 0 Å². The third-order valence-corrected chi connectivity index (χ3v) is 5.93. The first-order chi connectivity index (χ1) is 12.0. The largest absolute Gasteiger partial charge is 0.351 e. The normalized spacial score (nSPS) is 33.7. The molecule has 0 radical (unpaired) electrons. The minimum Gasteiger partial charge on any atom is -0.351 e. The summed E-state index contributed by atoms with van der Waals surface area (Å²) in [5, 5.41) is 3.12. The molecule has 0 spiro atoms. The summed E-state index contributed by atoms with van der Waals surface area (Å²) in [6.07, 6.45) is 4.58. The molecule has 1 saturated heterocycles. The Morgan fingerprint density at radius 1 is 1.16 bits per heavy atom. The van der Waals surface area contributed by atoms with Crippen LogP contribution in [0.1, 0.15) is 50.5 Å². The summed E-state index contributed by atoms with van der Waals surface area (Å²) in [5.74, 6) is 0.760. The van der Waals surface area contributed by atoms with Gasteiger partial charge in [-0.05, 0) is 55.7 Å². The second-order valence-corrected chi connectivity index (χ2v) is 7.87. The van der Waals surface area contributed by atoms with Gasteiger partial charge in [0.15, 0.2) is 0 Å². The number of hydrogen-bond donors (Lipinski definition) is 1. The predicted octanol–water partition coefficient (Wildman–Crippen LogP) is 2.83. The Morgan fingerprint density at radius 3 is 2.56 bits per heavy atom. The molecule has 2 saturated carbocycles. The van der Waals surface area contributed by atoms with Gasteiger partial charge in [-0.25, -0.2) is 4.39 Å². The van der Waals surface area contributed by atoms with Crippen molar-refractivity contribution in [2.24, 2.45) is 11.8 Å². The van der Waals surface area contributed by atoms with Crippen molar-refractivity contribution in [3.63, 3.8) is 0 Å². The molecule has 25 heavy (non-hydrogen) atoms. The highest BCUT2D eigenvalue weighted by Crippen LogP contribution is 2.42. The molecule has 3 fully saturated rings. The summed E-state index contributed by atoms with van der Waals surface area (Å²) < 4.78 is 13.0. The Bertz CT molecular complexity index is 675. The maximum absolute atomic E-state index is 13.0. The van der Waals surface area contributed by atoms with Crippen LogP contribution in [0.4, 0.5) is 4.39 Å². The van der Waals surface area contributed by atoms with Crippen molar-refractivity contribution in [3.8, 4) is 0 Å². The Balaban J connectivity index is 1.36. The molecule has 0 bridgehead atoms. The Labute approximate surface area is 147 Å². The molecule has 4 nitrogen and oxygen atoms in total. The summed E-state index contributed by atoms with van der Waals surface area (Å²) in [6, 6.07) is 6.30. The topological polar surface area (TPSA) is 49.4 Å².